The van der Waals surface area contributed by atoms with Crippen molar-refractivity contribution in [1.29, 1.82) is 0 Å². The Labute approximate surface area is 183 Å². The van der Waals surface area contributed by atoms with Crippen LogP contribution in [0.4, 0.5) is 4.39 Å². The van der Waals surface area contributed by atoms with E-state index in [9.17, 15) is 9.18 Å². The Morgan fingerprint density at radius 1 is 1.00 bits per heavy atom. The summed E-state index contributed by atoms with van der Waals surface area (Å²) >= 11 is 5.94. The second-order valence-electron chi connectivity index (χ2n) is 6.82. The molecule has 0 aliphatic heterocycles. The van der Waals surface area contributed by atoms with Crippen LogP contribution in [0.3, 0.4) is 0 Å². The van der Waals surface area contributed by atoms with Crippen molar-refractivity contribution in [3.05, 3.63) is 112 Å². The van der Waals surface area contributed by atoms with Crippen LogP contribution in [0.2, 0.25) is 5.02 Å². The molecule has 4 aromatic rings. The molecule has 154 valence electrons. The Bertz CT molecular complexity index is 1260. The van der Waals surface area contributed by atoms with Gasteiger partial charge in [0.05, 0.1) is 6.21 Å². The smallest absolute Gasteiger partial charge is 0.271 e. The molecule has 4 rings (SSSR count). The van der Waals surface area contributed by atoms with Gasteiger partial charge < -0.3 is 4.74 Å². The average molecular weight is 433 g/mol. The number of ether oxygens (including phenoxy) is 1. The van der Waals surface area contributed by atoms with Crippen LogP contribution >= 0.6 is 11.6 Å². The van der Waals surface area contributed by atoms with Crippen LogP contribution in [0.15, 0.2) is 90.0 Å². The lowest BCUT2D eigenvalue weighted by Gasteiger charge is -2.12. The van der Waals surface area contributed by atoms with Gasteiger partial charge in [0.2, 0.25) is 0 Å². The summed E-state index contributed by atoms with van der Waals surface area (Å²) in [6, 6.07) is 24.4. The van der Waals surface area contributed by atoms with E-state index in [4.69, 9.17) is 16.3 Å². The van der Waals surface area contributed by atoms with Crippen molar-refractivity contribution < 1.29 is 13.9 Å². The highest BCUT2D eigenvalue weighted by molar-refractivity contribution is 6.31. The highest BCUT2D eigenvalue weighted by Gasteiger charge is 2.09. The second kappa shape index (κ2) is 9.41. The van der Waals surface area contributed by atoms with E-state index in [2.05, 4.69) is 10.5 Å². The highest BCUT2D eigenvalue weighted by atomic mass is 35.5. The fraction of sp³-hybridized carbons (Fsp3) is 0.0400. The molecule has 0 fully saturated rings. The first-order valence-electron chi connectivity index (χ1n) is 9.58. The molecule has 0 aliphatic carbocycles. The van der Waals surface area contributed by atoms with Gasteiger partial charge in [-0.05, 0) is 52.7 Å². The average Bonchev–Trinajstić information content (AvgIpc) is 2.79. The molecule has 0 spiro atoms. The highest BCUT2D eigenvalue weighted by Crippen LogP contribution is 2.27. The Kier molecular flexibility index (Phi) is 6.24. The van der Waals surface area contributed by atoms with Crippen molar-refractivity contribution >= 4 is 34.5 Å². The standard InChI is InChI=1S/C25H18ClFN2O2/c26-20-6-3-5-19(14-20)25(30)29-28-15-23-22-7-2-1-4-18(22)10-13-24(23)31-16-17-8-11-21(27)12-9-17/h1-15H,16H2,(H,29,30)/b28-15+. The van der Waals surface area contributed by atoms with Crippen LogP contribution in [-0.2, 0) is 6.61 Å². The third-order valence-corrected chi connectivity index (χ3v) is 4.92. The van der Waals surface area contributed by atoms with E-state index in [1.165, 1.54) is 12.1 Å². The van der Waals surface area contributed by atoms with Crippen LogP contribution in [0, 0.1) is 5.82 Å². The topological polar surface area (TPSA) is 50.7 Å². The van der Waals surface area contributed by atoms with Crippen LogP contribution in [0.5, 0.6) is 5.75 Å². The summed E-state index contributed by atoms with van der Waals surface area (Å²) in [6.45, 7) is 0.272. The molecule has 6 heteroatoms. The molecule has 0 bridgehead atoms. The Hall–Kier alpha value is -3.70. The summed E-state index contributed by atoms with van der Waals surface area (Å²) < 4.78 is 19.1. The van der Waals surface area contributed by atoms with Crippen molar-refractivity contribution in [3.8, 4) is 5.75 Å². The number of hydrogen-bond acceptors (Lipinski definition) is 3. The van der Waals surface area contributed by atoms with Crippen molar-refractivity contribution in [2.24, 2.45) is 5.10 Å². The van der Waals surface area contributed by atoms with Crippen molar-refractivity contribution in [2.75, 3.05) is 0 Å². The third-order valence-electron chi connectivity index (χ3n) is 4.68. The van der Waals surface area contributed by atoms with E-state index in [0.29, 0.717) is 16.3 Å². The quantitative estimate of drug-likeness (QED) is 0.301. The Morgan fingerprint density at radius 3 is 2.61 bits per heavy atom. The van der Waals surface area contributed by atoms with E-state index in [1.54, 1.807) is 42.6 Å². The molecule has 0 saturated carbocycles. The molecule has 0 unspecified atom stereocenters. The molecular formula is C25H18ClFN2O2. The fourth-order valence-corrected chi connectivity index (χ4v) is 3.32. The molecule has 0 aliphatic rings. The molecule has 31 heavy (non-hydrogen) atoms. The molecular weight excluding hydrogens is 415 g/mol. The molecule has 0 saturated heterocycles. The van der Waals surface area contributed by atoms with Gasteiger partial charge in [0, 0.05) is 16.1 Å². The van der Waals surface area contributed by atoms with Gasteiger partial charge in [-0.15, -0.1) is 0 Å². The summed E-state index contributed by atoms with van der Waals surface area (Å²) in [5.41, 5.74) is 4.50. The molecule has 4 nitrogen and oxygen atoms in total. The first-order valence-corrected chi connectivity index (χ1v) is 9.96. The monoisotopic (exact) mass is 432 g/mol. The minimum absolute atomic E-state index is 0.272. The number of benzene rings is 4. The predicted molar refractivity (Wildman–Crippen MR) is 121 cm³/mol. The van der Waals surface area contributed by atoms with Gasteiger partial charge in [-0.2, -0.15) is 5.10 Å². The number of carbonyl (C=O) groups is 1. The molecule has 1 N–H and O–H groups in total. The Balaban J connectivity index is 1.58. The SMILES string of the molecule is O=C(N/N=C/c1c(OCc2ccc(F)cc2)ccc2ccccc12)c1cccc(Cl)c1. The molecule has 4 aromatic carbocycles. The van der Waals surface area contributed by atoms with Crippen LogP contribution in [0.1, 0.15) is 21.5 Å². The number of hydrogen-bond donors (Lipinski definition) is 1. The minimum Gasteiger partial charge on any atom is -0.488 e. The van der Waals surface area contributed by atoms with Gasteiger partial charge in [-0.1, -0.05) is 60.1 Å². The lowest BCUT2D eigenvalue weighted by Crippen LogP contribution is -2.17. The zero-order chi connectivity index (χ0) is 21.6. The number of nitrogens with zero attached hydrogens (tertiary/aromatic N) is 1. The maximum absolute atomic E-state index is 13.1. The lowest BCUT2D eigenvalue weighted by atomic mass is 10.0. The summed E-state index contributed by atoms with van der Waals surface area (Å²) in [5.74, 6) is -0.0609. The van der Waals surface area contributed by atoms with Crippen LogP contribution in [-0.4, -0.2) is 12.1 Å². The number of carbonyl (C=O) groups excluding carboxylic acids is 1. The largest absolute Gasteiger partial charge is 0.488 e. The zero-order valence-corrected chi connectivity index (χ0v) is 17.1. The molecule has 0 atom stereocenters. The van der Waals surface area contributed by atoms with E-state index < -0.39 is 0 Å². The number of halogens is 2. The number of rotatable bonds is 6. The molecule has 1 amide bonds. The number of amides is 1. The van der Waals surface area contributed by atoms with E-state index in [-0.39, 0.29) is 18.3 Å². The third kappa shape index (κ3) is 5.08. The maximum atomic E-state index is 13.1. The normalized spacial score (nSPS) is 11.0. The first-order chi connectivity index (χ1) is 15.1. The van der Waals surface area contributed by atoms with E-state index in [0.717, 1.165) is 21.9 Å². The van der Waals surface area contributed by atoms with Gasteiger partial charge in [-0.3, -0.25) is 4.79 Å². The van der Waals surface area contributed by atoms with Gasteiger partial charge in [-0.25, -0.2) is 9.82 Å². The lowest BCUT2D eigenvalue weighted by molar-refractivity contribution is 0.0955. The number of fused-ring (bicyclic) bond motifs is 1. The minimum atomic E-state index is -0.368. The number of nitrogens with one attached hydrogen (secondary N) is 1. The fourth-order valence-electron chi connectivity index (χ4n) is 3.13. The van der Waals surface area contributed by atoms with Crippen LogP contribution < -0.4 is 10.2 Å². The Morgan fingerprint density at radius 2 is 1.81 bits per heavy atom. The first kappa shape index (κ1) is 20.6. The summed E-state index contributed by atoms with van der Waals surface area (Å²) in [6.07, 6.45) is 1.56. The molecule has 0 heterocycles. The zero-order valence-electron chi connectivity index (χ0n) is 16.4. The summed E-state index contributed by atoms with van der Waals surface area (Å²) in [7, 11) is 0. The van der Waals surface area contributed by atoms with Crippen molar-refractivity contribution in [2.45, 2.75) is 6.61 Å². The number of hydrazone groups is 1. The van der Waals surface area contributed by atoms with Crippen molar-refractivity contribution in [3.63, 3.8) is 0 Å². The van der Waals surface area contributed by atoms with E-state index in [1.807, 2.05) is 36.4 Å². The van der Waals surface area contributed by atoms with Gasteiger partial charge in [0.25, 0.3) is 5.91 Å². The maximum Gasteiger partial charge on any atom is 0.271 e. The molecule has 0 radical (unpaired) electrons. The molecule has 0 aromatic heterocycles. The summed E-state index contributed by atoms with van der Waals surface area (Å²) in [4.78, 5) is 12.3. The van der Waals surface area contributed by atoms with Crippen molar-refractivity contribution in [1.82, 2.24) is 5.43 Å². The van der Waals surface area contributed by atoms with Gasteiger partial charge in [0.1, 0.15) is 18.2 Å². The van der Waals surface area contributed by atoms with E-state index >= 15 is 0 Å². The van der Waals surface area contributed by atoms with Gasteiger partial charge in [0.15, 0.2) is 0 Å². The van der Waals surface area contributed by atoms with Crippen LogP contribution in [0.25, 0.3) is 10.8 Å². The predicted octanol–water partition coefficient (Wildman–Crippen LogP) is 5.98. The summed E-state index contributed by atoms with van der Waals surface area (Å²) in [5, 5.41) is 6.55. The van der Waals surface area contributed by atoms with Gasteiger partial charge >= 0.3 is 0 Å². The second-order valence-corrected chi connectivity index (χ2v) is 7.26.